The highest BCUT2D eigenvalue weighted by Gasteiger charge is 2.03. The first kappa shape index (κ1) is 10.7. The lowest BCUT2D eigenvalue weighted by atomic mass is 10.2. The van der Waals surface area contributed by atoms with Crippen molar-refractivity contribution in [2.24, 2.45) is 5.73 Å². The Morgan fingerprint density at radius 2 is 2.57 bits per heavy atom. The lowest BCUT2D eigenvalue weighted by Crippen LogP contribution is -2.25. The molecule has 0 spiro atoms. The van der Waals surface area contributed by atoms with Crippen molar-refractivity contribution in [2.75, 3.05) is 0 Å². The molecule has 1 aromatic rings. The molecule has 5 heteroatoms. The molecule has 0 aliphatic carbocycles. The predicted octanol–water partition coefficient (Wildman–Crippen LogP) is 0.153. The zero-order valence-electron chi connectivity index (χ0n) is 8.29. The Balaban J connectivity index is 2.15. The van der Waals surface area contributed by atoms with E-state index in [0.29, 0.717) is 13.0 Å². The normalized spacial score (nSPS) is 12.4. The summed E-state index contributed by atoms with van der Waals surface area (Å²) in [5.41, 5.74) is 6.51. The van der Waals surface area contributed by atoms with Crippen LogP contribution in [0.3, 0.4) is 0 Å². The molecule has 0 saturated heterocycles. The van der Waals surface area contributed by atoms with Crippen LogP contribution >= 0.6 is 0 Å². The number of amides is 1. The number of H-pyrrole nitrogens is 1. The molecule has 78 valence electrons. The molecule has 0 aliphatic heterocycles. The molecular weight excluding hydrogens is 180 g/mol. The summed E-state index contributed by atoms with van der Waals surface area (Å²) in [6.45, 7) is 2.41. The highest BCUT2D eigenvalue weighted by Crippen LogP contribution is 1.95. The summed E-state index contributed by atoms with van der Waals surface area (Å²) in [4.78, 5) is 11.2. The summed E-state index contributed by atoms with van der Waals surface area (Å²) in [6.07, 6.45) is 4.64. The lowest BCUT2D eigenvalue weighted by molar-refractivity contribution is -0.121. The first-order valence-corrected chi connectivity index (χ1v) is 4.68. The minimum atomic E-state index is 0.0310. The summed E-state index contributed by atoms with van der Waals surface area (Å²) >= 11 is 0. The van der Waals surface area contributed by atoms with Crippen LogP contribution in [0.1, 0.15) is 25.3 Å². The molecule has 1 atom stereocenters. The number of nitrogens with zero attached hydrogens (tertiary/aromatic N) is 1. The Labute approximate surface area is 83.1 Å². The molecule has 0 saturated carbocycles. The molecule has 1 unspecified atom stereocenters. The summed E-state index contributed by atoms with van der Waals surface area (Å²) < 4.78 is 0. The molecule has 14 heavy (non-hydrogen) atoms. The second kappa shape index (κ2) is 5.39. The fourth-order valence-corrected chi connectivity index (χ4v) is 1.02. The zero-order chi connectivity index (χ0) is 10.4. The van der Waals surface area contributed by atoms with Crippen molar-refractivity contribution in [3.05, 3.63) is 18.0 Å². The van der Waals surface area contributed by atoms with Crippen molar-refractivity contribution in [2.45, 2.75) is 32.4 Å². The molecule has 1 amide bonds. The van der Waals surface area contributed by atoms with Crippen LogP contribution in [0.2, 0.25) is 0 Å². The summed E-state index contributed by atoms with van der Waals surface area (Å²) in [7, 11) is 0. The average molecular weight is 196 g/mol. The van der Waals surface area contributed by atoms with Crippen molar-refractivity contribution in [3.63, 3.8) is 0 Å². The van der Waals surface area contributed by atoms with E-state index >= 15 is 0 Å². The number of hydrogen-bond acceptors (Lipinski definition) is 3. The highest BCUT2D eigenvalue weighted by molar-refractivity contribution is 5.75. The van der Waals surface area contributed by atoms with E-state index in [1.165, 1.54) is 0 Å². The standard InChI is InChI=1S/C9H16N4O/c1-7(10)2-3-9(14)11-4-8-5-12-13-6-8/h5-7H,2-4,10H2,1H3,(H,11,14)(H,12,13). The molecule has 0 aliphatic rings. The molecule has 1 aromatic heterocycles. The fourth-order valence-electron chi connectivity index (χ4n) is 1.02. The molecule has 1 rings (SSSR count). The van der Waals surface area contributed by atoms with Crippen LogP contribution < -0.4 is 11.1 Å². The monoisotopic (exact) mass is 196 g/mol. The van der Waals surface area contributed by atoms with E-state index in [9.17, 15) is 4.79 Å². The third-order valence-corrected chi connectivity index (χ3v) is 1.87. The number of aromatic amines is 1. The molecular formula is C9H16N4O. The zero-order valence-corrected chi connectivity index (χ0v) is 8.29. The fraction of sp³-hybridized carbons (Fsp3) is 0.556. The highest BCUT2D eigenvalue weighted by atomic mass is 16.1. The molecule has 4 N–H and O–H groups in total. The van der Waals surface area contributed by atoms with Gasteiger partial charge >= 0.3 is 0 Å². The maximum absolute atomic E-state index is 11.2. The van der Waals surface area contributed by atoms with Gasteiger partial charge in [0.25, 0.3) is 0 Å². The number of carbonyl (C=O) groups excluding carboxylic acids is 1. The van der Waals surface area contributed by atoms with Crippen molar-refractivity contribution in [1.82, 2.24) is 15.5 Å². The van der Waals surface area contributed by atoms with Crippen LogP contribution in [0, 0.1) is 0 Å². The number of hydrogen-bond donors (Lipinski definition) is 3. The van der Waals surface area contributed by atoms with E-state index in [4.69, 9.17) is 5.73 Å². The number of rotatable bonds is 5. The van der Waals surface area contributed by atoms with E-state index < -0.39 is 0 Å². The number of carbonyl (C=O) groups is 1. The number of nitrogens with two attached hydrogens (primary N) is 1. The number of aromatic nitrogens is 2. The Morgan fingerprint density at radius 1 is 1.79 bits per heavy atom. The van der Waals surface area contributed by atoms with Crippen LogP contribution in [0.15, 0.2) is 12.4 Å². The van der Waals surface area contributed by atoms with Gasteiger partial charge in [-0.15, -0.1) is 0 Å². The van der Waals surface area contributed by atoms with Gasteiger partial charge in [0, 0.05) is 30.8 Å². The van der Waals surface area contributed by atoms with Gasteiger partial charge in [0.1, 0.15) is 0 Å². The van der Waals surface area contributed by atoms with Gasteiger partial charge in [-0.05, 0) is 13.3 Å². The van der Waals surface area contributed by atoms with Gasteiger partial charge in [-0.25, -0.2) is 0 Å². The molecule has 0 fully saturated rings. The van der Waals surface area contributed by atoms with Crippen LogP contribution in [0.5, 0.6) is 0 Å². The van der Waals surface area contributed by atoms with E-state index in [1.807, 2.05) is 6.92 Å². The van der Waals surface area contributed by atoms with Gasteiger partial charge in [0.05, 0.1) is 6.20 Å². The van der Waals surface area contributed by atoms with Crippen molar-refractivity contribution in [1.29, 1.82) is 0 Å². The maximum Gasteiger partial charge on any atom is 0.220 e. The van der Waals surface area contributed by atoms with Crippen molar-refractivity contribution >= 4 is 5.91 Å². The smallest absolute Gasteiger partial charge is 0.220 e. The van der Waals surface area contributed by atoms with Gasteiger partial charge in [-0.3, -0.25) is 9.89 Å². The topological polar surface area (TPSA) is 83.8 Å². The van der Waals surface area contributed by atoms with Crippen LogP contribution in [-0.4, -0.2) is 22.1 Å². The summed E-state index contributed by atoms with van der Waals surface area (Å²) in [5.74, 6) is 0.0310. The van der Waals surface area contributed by atoms with Crippen LogP contribution in [0.4, 0.5) is 0 Å². The minimum Gasteiger partial charge on any atom is -0.352 e. The number of nitrogens with one attached hydrogen (secondary N) is 2. The van der Waals surface area contributed by atoms with E-state index in [-0.39, 0.29) is 11.9 Å². The van der Waals surface area contributed by atoms with E-state index in [0.717, 1.165) is 12.0 Å². The molecule has 5 nitrogen and oxygen atoms in total. The Morgan fingerprint density at radius 3 is 3.14 bits per heavy atom. The molecule has 1 heterocycles. The van der Waals surface area contributed by atoms with E-state index in [2.05, 4.69) is 15.5 Å². The third-order valence-electron chi connectivity index (χ3n) is 1.87. The Kier molecular flexibility index (Phi) is 4.12. The van der Waals surface area contributed by atoms with Gasteiger partial charge < -0.3 is 11.1 Å². The second-order valence-corrected chi connectivity index (χ2v) is 3.40. The lowest BCUT2D eigenvalue weighted by Gasteiger charge is -2.05. The van der Waals surface area contributed by atoms with Crippen molar-refractivity contribution in [3.8, 4) is 0 Å². The summed E-state index contributed by atoms with van der Waals surface area (Å²) in [6, 6.07) is 0.0784. The van der Waals surface area contributed by atoms with E-state index in [1.54, 1.807) is 12.4 Å². The molecule has 0 bridgehead atoms. The SMILES string of the molecule is CC(N)CCC(=O)NCc1cn[nH]c1. The van der Waals surface area contributed by atoms with Crippen molar-refractivity contribution < 1.29 is 4.79 Å². The quantitative estimate of drug-likeness (QED) is 0.627. The second-order valence-electron chi connectivity index (χ2n) is 3.40. The Bertz CT molecular complexity index is 268. The maximum atomic E-state index is 11.2. The Hall–Kier alpha value is -1.36. The molecule has 0 radical (unpaired) electrons. The first-order valence-electron chi connectivity index (χ1n) is 4.68. The summed E-state index contributed by atoms with van der Waals surface area (Å²) in [5, 5.41) is 9.25. The average Bonchev–Trinajstić information content (AvgIpc) is 2.63. The van der Waals surface area contributed by atoms with Gasteiger partial charge in [0.15, 0.2) is 0 Å². The minimum absolute atomic E-state index is 0.0310. The van der Waals surface area contributed by atoms with Gasteiger partial charge in [0.2, 0.25) is 5.91 Å². The van der Waals surface area contributed by atoms with Crippen LogP contribution in [-0.2, 0) is 11.3 Å². The van der Waals surface area contributed by atoms with Gasteiger partial charge in [-0.1, -0.05) is 0 Å². The first-order chi connectivity index (χ1) is 6.68. The molecule has 0 aromatic carbocycles. The van der Waals surface area contributed by atoms with Gasteiger partial charge in [-0.2, -0.15) is 5.10 Å². The largest absolute Gasteiger partial charge is 0.352 e. The third kappa shape index (κ3) is 4.04. The van der Waals surface area contributed by atoms with Crippen LogP contribution in [0.25, 0.3) is 0 Å². The predicted molar refractivity (Wildman–Crippen MR) is 53.3 cm³/mol.